The van der Waals surface area contributed by atoms with Gasteiger partial charge in [0.2, 0.25) is 10.0 Å². The SMILES string of the molecule is CCc1cc(-c2ccnnc2)cc(S(=O)(=O)NC2CCCC(n3cnnc3)C2)c1. The van der Waals surface area contributed by atoms with E-state index < -0.39 is 10.0 Å². The quantitative estimate of drug-likeness (QED) is 0.668. The van der Waals surface area contributed by atoms with Gasteiger partial charge in [0.05, 0.1) is 17.3 Å². The van der Waals surface area contributed by atoms with Gasteiger partial charge in [-0.2, -0.15) is 10.2 Å². The zero-order chi connectivity index (χ0) is 20.3. The van der Waals surface area contributed by atoms with Gasteiger partial charge in [-0.3, -0.25) is 0 Å². The number of nitrogens with zero attached hydrogens (tertiary/aromatic N) is 5. The second kappa shape index (κ2) is 8.38. The largest absolute Gasteiger partial charge is 0.317 e. The summed E-state index contributed by atoms with van der Waals surface area (Å²) in [6, 6.07) is 7.39. The maximum Gasteiger partial charge on any atom is 0.240 e. The maximum absolute atomic E-state index is 13.2. The lowest BCUT2D eigenvalue weighted by atomic mass is 9.91. The maximum atomic E-state index is 13.2. The number of nitrogens with one attached hydrogen (secondary N) is 1. The van der Waals surface area contributed by atoms with Gasteiger partial charge in [-0.1, -0.05) is 13.0 Å². The van der Waals surface area contributed by atoms with Crippen LogP contribution in [0.2, 0.25) is 0 Å². The van der Waals surface area contributed by atoms with Crippen molar-refractivity contribution in [2.24, 2.45) is 0 Å². The lowest BCUT2D eigenvalue weighted by molar-refractivity contribution is 0.305. The molecule has 0 amide bonds. The fourth-order valence-corrected chi connectivity index (χ4v) is 5.25. The molecule has 2 unspecified atom stereocenters. The van der Waals surface area contributed by atoms with Crippen LogP contribution in [-0.2, 0) is 16.4 Å². The summed E-state index contributed by atoms with van der Waals surface area (Å²) in [6.07, 6.45) is 10.9. The molecule has 1 N–H and O–H groups in total. The van der Waals surface area contributed by atoms with Crippen molar-refractivity contribution in [2.75, 3.05) is 0 Å². The molecule has 3 aromatic rings. The summed E-state index contributed by atoms with van der Waals surface area (Å²) < 4.78 is 31.2. The summed E-state index contributed by atoms with van der Waals surface area (Å²) in [5.41, 5.74) is 2.63. The summed E-state index contributed by atoms with van der Waals surface area (Å²) in [5.74, 6) is 0. The number of aromatic nitrogens is 5. The Morgan fingerprint density at radius 2 is 1.90 bits per heavy atom. The third-order valence-electron chi connectivity index (χ3n) is 5.43. The minimum absolute atomic E-state index is 0.113. The Kier molecular flexibility index (Phi) is 5.68. The van der Waals surface area contributed by atoms with Crippen LogP contribution in [0, 0.1) is 0 Å². The first-order valence-electron chi connectivity index (χ1n) is 9.82. The Morgan fingerprint density at radius 1 is 1.07 bits per heavy atom. The van der Waals surface area contributed by atoms with Crippen molar-refractivity contribution in [3.05, 3.63) is 54.9 Å². The molecule has 2 heterocycles. The molecule has 29 heavy (non-hydrogen) atoms. The van der Waals surface area contributed by atoms with E-state index in [2.05, 4.69) is 25.1 Å². The summed E-state index contributed by atoms with van der Waals surface area (Å²) in [7, 11) is -3.64. The summed E-state index contributed by atoms with van der Waals surface area (Å²) >= 11 is 0. The summed E-state index contributed by atoms with van der Waals surface area (Å²) in [5, 5.41) is 15.4. The highest BCUT2D eigenvalue weighted by Crippen LogP contribution is 2.30. The lowest BCUT2D eigenvalue weighted by Gasteiger charge is -2.30. The first-order chi connectivity index (χ1) is 14.0. The van der Waals surface area contributed by atoms with Gasteiger partial charge in [0.1, 0.15) is 12.7 Å². The summed E-state index contributed by atoms with van der Waals surface area (Å²) in [4.78, 5) is 0.287. The van der Waals surface area contributed by atoms with Crippen LogP contribution in [0.5, 0.6) is 0 Å². The van der Waals surface area contributed by atoms with Crippen LogP contribution < -0.4 is 4.72 Å². The smallest absolute Gasteiger partial charge is 0.240 e. The molecule has 2 aromatic heterocycles. The van der Waals surface area contributed by atoms with Crippen LogP contribution in [0.4, 0.5) is 0 Å². The van der Waals surface area contributed by atoms with Crippen LogP contribution >= 0.6 is 0 Å². The molecule has 0 bridgehead atoms. The minimum atomic E-state index is -3.64. The Morgan fingerprint density at radius 3 is 2.62 bits per heavy atom. The Balaban J connectivity index is 1.58. The van der Waals surface area contributed by atoms with Gasteiger partial charge in [0.15, 0.2) is 0 Å². The van der Waals surface area contributed by atoms with Crippen molar-refractivity contribution in [1.29, 1.82) is 0 Å². The van der Waals surface area contributed by atoms with Gasteiger partial charge in [0, 0.05) is 17.6 Å². The molecule has 9 heteroatoms. The van der Waals surface area contributed by atoms with Gasteiger partial charge < -0.3 is 4.57 Å². The predicted molar refractivity (Wildman–Crippen MR) is 108 cm³/mol. The summed E-state index contributed by atoms with van der Waals surface area (Å²) in [6.45, 7) is 2.01. The highest BCUT2D eigenvalue weighted by Gasteiger charge is 2.27. The molecule has 0 spiro atoms. The van der Waals surface area contributed by atoms with Crippen molar-refractivity contribution in [3.63, 3.8) is 0 Å². The molecule has 152 valence electrons. The fourth-order valence-electron chi connectivity index (χ4n) is 3.87. The first kappa shape index (κ1) is 19.7. The van der Waals surface area contributed by atoms with E-state index in [1.807, 2.05) is 23.6 Å². The van der Waals surface area contributed by atoms with Crippen LogP contribution in [0.15, 0.2) is 54.2 Å². The van der Waals surface area contributed by atoms with E-state index in [-0.39, 0.29) is 17.0 Å². The molecule has 1 aromatic carbocycles. The van der Waals surface area contributed by atoms with Gasteiger partial charge >= 0.3 is 0 Å². The standard InChI is InChI=1S/C20H24N6O2S/c1-2-15-8-17(16-6-7-21-22-12-16)10-20(9-15)29(27,28)25-18-4-3-5-19(11-18)26-13-23-24-14-26/h6-10,12-14,18-19,25H,2-5,11H2,1H3. The van der Waals surface area contributed by atoms with Crippen LogP contribution in [0.1, 0.15) is 44.2 Å². The number of rotatable bonds is 6. The van der Waals surface area contributed by atoms with Gasteiger partial charge in [-0.05, 0) is 61.4 Å². The fraction of sp³-hybridized carbons (Fsp3) is 0.400. The van der Waals surface area contributed by atoms with Crippen LogP contribution in [0.25, 0.3) is 11.1 Å². The molecule has 0 saturated heterocycles. The van der Waals surface area contributed by atoms with E-state index in [4.69, 9.17) is 0 Å². The topological polar surface area (TPSA) is 103 Å². The van der Waals surface area contributed by atoms with Gasteiger partial charge in [-0.15, -0.1) is 10.2 Å². The van der Waals surface area contributed by atoms with Crippen LogP contribution in [0.3, 0.4) is 0 Å². The zero-order valence-electron chi connectivity index (χ0n) is 16.3. The normalized spacial score (nSPS) is 19.9. The third-order valence-corrected chi connectivity index (χ3v) is 6.93. The van der Waals surface area contributed by atoms with Crippen molar-refractivity contribution in [1.82, 2.24) is 29.7 Å². The Hall–Kier alpha value is -2.65. The molecular weight excluding hydrogens is 388 g/mol. The van der Waals surface area contributed by atoms with Crippen molar-refractivity contribution in [3.8, 4) is 11.1 Å². The average molecular weight is 413 g/mol. The molecule has 8 nitrogen and oxygen atoms in total. The number of sulfonamides is 1. The number of benzene rings is 1. The number of hydrogen-bond acceptors (Lipinski definition) is 6. The van der Waals surface area contributed by atoms with Crippen molar-refractivity contribution in [2.45, 2.75) is 56.0 Å². The van der Waals surface area contributed by atoms with E-state index in [1.165, 1.54) is 0 Å². The third kappa shape index (κ3) is 4.51. The van der Waals surface area contributed by atoms with Gasteiger partial charge in [-0.25, -0.2) is 13.1 Å². The number of aryl methyl sites for hydroxylation is 1. The monoisotopic (exact) mass is 412 g/mol. The molecule has 1 aliphatic carbocycles. The van der Waals surface area contributed by atoms with Crippen molar-refractivity contribution < 1.29 is 8.42 Å². The van der Waals surface area contributed by atoms with E-state index in [0.717, 1.165) is 48.8 Å². The molecule has 1 saturated carbocycles. The second-order valence-electron chi connectivity index (χ2n) is 7.40. The van der Waals surface area contributed by atoms with E-state index in [1.54, 1.807) is 37.2 Å². The average Bonchev–Trinajstić information content (AvgIpc) is 3.29. The molecule has 1 aliphatic rings. The molecule has 2 atom stereocenters. The zero-order valence-corrected chi connectivity index (χ0v) is 17.1. The van der Waals surface area contributed by atoms with Crippen molar-refractivity contribution >= 4 is 10.0 Å². The molecule has 4 rings (SSSR count). The Labute approximate surface area is 170 Å². The van der Waals surface area contributed by atoms with Crippen LogP contribution in [-0.4, -0.2) is 39.4 Å². The highest BCUT2D eigenvalue weighted by atomic mass is 32.2. The minimum Gasteiger partial charge on any atom is -0.317 e. The van der Waals surface area contributed by atoms with E-state index >= 15 is 0 Å². The second-order valence-corrected chi connectivity index (χ2v) is 9.11. The lowest BCUT2D eigenvalue weighted by Crippen LogP contribution is -2.38. The molecule has 0 aliphatic heterocycles. The van der Waals surface area contributed by atoms with E-state index in [0.29, 0.717) is 0 Å². The van der Waals surface area contributed by atoms with E-state index in [9.17, 15) is 8.42 Å². The molecular formula is C20H24N6O2S. The number of hydrogen-bond donors (Lipinski definition) is 1. The molecule has 0 radical (unpaired) electrons. The predicted octanol–water partition coefficient (Wildman–Crippen LogP) is 2.76. The highest BCUT2D eigenvalue weighted by molar-refractivity contribution is 7.89. The first-order valence-corrected chi connectivity index (χ1v) is 11.3. The molecule has 1 fully saturated rings. The van der Waals surface area contributed by atoms with Gasteiger partial charge in [0.25, 0.3) is 0 Å². The Bertz CT molecular complexity index is 1050.